The molecule has 0 fully saturated rings. The quantitative estimate of drug-likeness (QED) is 0.841. The Balaban J connectivity index is 2.92. The average molecular weight is 315 g/mol. The van der Waals surface area contributed by atoms with Crippen LogP contribution in [0.1, 0.15) is 25.5 Å². The lowest BCUT2D eigenvalue weighted by Crippen LogP contribution is -2.42. The topological polar surface area (TPSA) is 38.5 Å². The Kier molecular flexibility index (Phi) is 6.86. The molecule has 0 aromatic heterocycles. The molecule has 0 aliphatic heterocycles. The maximum atomic E-state index is 5.97. The highest BCUT2D eigenvalue weighted by Gasteiger charge is 2.22. The lowest BCUT2D eigenvalue weighted by Gasteiger charge is -2.35. The van der Waals surface area contributed by atoms with Crippen molar-refractivity contribution in [2.45, 2.75) is 25.9 Å². The van der Waals surface area contributed by atoms with E-state index in [1.807, 2.05) is 6.07 Å². The van der Waals surface area contributed by atoms with Gasteiger partial charge in [-0.25, -0.2) is 0 Å². The van der Waals surface area contributed by atoms with Gasteiger partial charge in [0.25, 0.3) is 0 Å². The van der Waals surface area contributed by atoms with Crippen LogP contribution in [-0.2, 0) is 4.74 Å². The van der Waals surface area contributed by atoms with Crippen molar-refractivity contribution in [2.75, 3.05) is 26.8 Å². The molecule has 18 heavy (non-hydrogen) atoms. The summed E-state index contributed by atoms with van der Waals surface area (Å²) in [5.74, 6) is 0. The maximum Gasteiger partial charge on any atom is 0.0615 e. The fourth-order valence-electron chi connectivity index (χ4n) is 2.35. The number of hydrogen-bond acceptors (Lipinski definition) is 3. The van der Waals surface area contributed by atoms with Crippen LogP contribution < -0.4 is 5.73 Å². The first-order valence-corrected chi connectivity index (χ1v) is 7.13. The van der Waals surface area contributed by atoms with Crippen molar-refractivity contribution in [2.24, 2.45) is 5.73 Å². The van der Waals surface area contributed by atoms with Crippen LogP contribution in [-0.4, -0.2) is 37.7 Å². The number of nitrogens with zero attached hydrogens (tertiary/aromatic N) is 1. The van der Waals surface area contributed by atoms with Gasteiger partial charge in [0.15, 0.2) is 0 Å². The van der Waals surface area contributed by atoms with Gasteiger partial charge in [0.2, 0.25) is 0 Å². The molecule has 1 aromatic carbocycles. The third-order valence-corrected chi connectivity index (χ3v) is 3.69. The van der Waals surface area contributed by atoms with Crippen LogP contribution in [0.3, 0.4) is 0 Å². The number of hydrogen-bond donors (Lipinski definition) is 1. The molecule has 0 spiro atoms. The monoisotopic (exact) mass is 314 g/mol. The second-order valence-electron chi connectivity index (χ2n) is 4.44. The van der Waals surface area contributed by atoms with Gasteiger partial charge < -0.3 is 10.5 Å². The highest BCUT2D eigenvalue weighted by Crippen LogP contribution is 2.24. The number of methoxy groups -OCH3 is 1. The minimum atomic E-state index is 0.234. The van der Waals surface area contributed by atoms with E-state index in [1.165, 1.54) is 5.56 Å². The highest BCUT2D eigenvalue weighted by atomic mass is 79.9. The number of ether oxygens (including phenoxy) is 1. The predicted molar refractivity (Wildman–Crippen MR) is 79.7 cm³/mol. The fraction of sp³-hybridized carbons (Fsp3) is 0.571. The zero-order chi connectivity index (χ0) is 13.5. The number of halogens is 1. The summed E-state index contributed by atoms with van der Waals surface area (Å²) in [7, 11) is 1.74. The molecule has 0 heterocycles. The number of likely N-dealkylation sites (N-methyl/N-ethyl adjacent to an activating group) is 1. The van der Waals surface area contributed by atoms with Gasteiger partial charge in [0.1, 0.15) is 0 Å². The minimum Gasteiger partial charge on any atom is -0.383 e. The summed E-state index contributed by atoms with van der Waals surface area (Å²) in [6.07, 6.45) is 0. The van der Waals surface area contributed by atoms with Crippen molar-refractivity contribution in [3.8, 4) is 0 Å². The lowest BCUT2D eigenvalue weighted by molar-refractivity contribution is 0.0751. The first-order chi connectivity index (χ1) is 8.63. The second kappa shape index (κ2) is 7.89. The van der Waals surface area contributed by atoms with E-state index in [0.717, 1.165) is 17.6 Å². The molecule has 0 saturated heterocycles. The predicted octanol–water partition coefficient (Wildman–Crippen LogP) is 2.81. The van der Waals surface area contributed by atoms with Gasteiger partial charge >= 0.3 is 0 Å². The molecule has 2 N–H and O–H groups in total. The Labute approximate surface area is 118 Å². The van der Waals surface area contributed by atoms with Crippen molar-refractivity contribution in [1.82, 2.24) is 4.90 Å². The summed E-state index contributed by atoms with van der Waals surface area (Å²) in [5.41, 5.74) is 7.21. The Morgan fingerprint density at radius 1 is 1.44 bits per heavy atom. The Bertz CT molecular complexity index is 359. The Morgan fingerprint density at radius 3 is 2.67 bits per heavy atom. The van der Waals surface area contributed by atoms with Gasteiger partial charge in [0.05, 0.1) is 6.61 Å². The number of benzene rings is 1. The summed E-state index contributed by atoms with van der Waals surface area (Å²) in [6, 6.07) is 8.94. The second-order valence-corrected chi connectivity index (χ2v) is 5.36. The molecule has 0 aliphatic rings. The molecule has 0 radical (unpaired) electrons. The maximum absolute atomic E-state index is 5.97. The smallest absolute Gasteiger partial charge is 0.0615 e. The summed E-state index contributed by atoms with van der Waals surface area (Å²) >= 11 is 3.51. The summed E-state index contributed by atoms with van der Waals surface area (Å²) in [6.45, 7) is 6.62. The first-order valence-electron chi connectivity index (χ1n) is 6.34. The van der Waals surface area contributed by atoms with Crippen LogP contribution in [0.4, 0.5) is 0 Å². The van der Waals surface area contributed by atoms with Crippen molar-refractivity contribution >= 4 is 15.9 Å². The third kappa shape index (κ3) is 4.05. The van der Waals surface area contributed by atoms with Crippen LogP contribution in [0.25, 0.3) is 0 Å². The van der Waals surface area contributed by atoms with E-state index in [-0.39, 0.29) is 6.04 Å². The van der Waals surface area contributed by atoms with Gasteiger partial charge in [-0.15, -0.1) is 0 Å². The normalized spacial score (nSPS) is 14.8. The van der Waals surface area contributed by atoms with Crippen LogP contribution >= 0.6 is 15.9 Å². The largest absolute Gasteiger partial charge is 0.383 e. The van der Waals surface area contributed by atoms with Gasteiger partial charge in [-0.2, -0.15) is 0 Å². The lowest BCUT2D eigenvalue weighted by atomic mass is 10.0. The van der Waals surface area contributed by atoms with Gasteiger partial charge in [-0.05, 0) is 31.2 Å². The van der Waals surface area contributed by atoms with Crippen molar-refractivity contribution in [1.29, 1.82) is 0 Å². The zero-order valence-electron chi connectivity index (χ0n) is 11.4. The average Bonchev–Trinajstić information content (AvgIpc) is 2.35. The Hall–Kier alpha value is -0.420. The van der Waals surface area contributed by atoms with Crippen LogP contribution in [0.5, 0.6) is 0 Å². The summed E-state index contributed by atoms with van der Waals surface area (Å²) < 4.78 is 6.34. The van der Waals surface area contributed by atoms with Crippen molar-refractivity contribution < 1.29 is 4.74 Å². The molecule has 0 amide bonds. The highest BCUT2D eigenvalue weighted by molar-refractivity contribution is 9.10. The molecule has 4 heteroatoms. The number of rotatable bonds is 7. The van der Waals surface area contributed by atoms with E-state index in [2.05, 4.69) is 52.9 Å². The molecule has 2 unspecified atom stereocenters. The van der Waals surface area contributed by atoms with Crippen molar-refractivity contribution in [3.05, 3.63) is 34.3 Å². The van der Waals surface area contributed by atoms with E-state index in [1.54, 1.807) is 7.11 Å². The molecule has 0 saturated carbocycles. The van der Waals surface area contributed by atoms with Crippen molar-refractivity contribution in [3.63, 3.8) is 0 Å². The SMILES string of the molecule is CCN(C(C)COC)C(CN)c1cccc(Br)c1. The molecule has 0 aliphatic carbocycles. The van der Waals surface area contributed by atoms with Gasteiger partial charge in [0, 0.05) is 30.2 Å². The van der Waals surface area contributed by atoms with Gasteiger partial charge in [-0.3, -0.25) is 4.90 Å². The molecular weight excluding hydrogens is 292 g/mol. The van der Waals surface area contributed by atoms with E-state index in [0.29, 0.717) is 12.6 Å². The number of nitrogens with two attached hydrogens (primary N) is 1. The van der Waals surface area contributed by atoms with E-state index < -0.39 is 0 Å². The first kappa shape index (κ1) is 15.6. The molecule has 3 nitrogen and oxygen atoms in total. The molecule has 102 valence electrons. The molecule has 0 bridgehead atoms. The van der Waals surface area contributed by atoms with Crippen LogP contribution in [0.2, 0.25) is 0 Å². The van der Waals surface area contributed by atoms with Gasteiger partial charge in [-0.1, -0.05) is 35.0 Å². The third-order valence-electron chi connectivity index (χ3n) is 3.20. The standard InChI is InChI=1S/C14H23BrN2O/c1-4-17(11(2)10-18-3)14(9-16)12-6-5-7-13(15)8-12/h5-8,11,14H,4,9-10,16H2,1-3H3. The summed E-state index contributed by atoms with van der Waals surface area (Å²) in [4.78, 5) is 2.38. The van der Waals surface area contributed by atoms with Crippen LogP contribution in [0, 0.1) is 0 Å². The van der Waals surface area contributed by atoms with E-state index in [4.69, 9.17) is 10.5 Å². The van der Waals surface area contributed by atoms with E-state index >= 15 is 0 Å². The zero-order valence-corrected chi connectivity index (χ0v) is 13.0. The summed E-state index contributed by atoms with van der Waals surface area (Å²) in [5, 5.41) is 0. The fourth-order valence-corrected chi connectivity index (χ4v) is 2.77. The van der Waals surface area contributed by atoms with E-state index in [9.17, 15) is 0 Å². The minimum absolute atomic E-state index is 0.234. The van der Waals surface area contributed by atoms with Crippen LogP contribution in [0.15, 0.2) is 28.7 Å². The molecular formula is C14H23BrN2O. The molecule has 2 atom stereocenters. The molecule has 1 rings (SSSR count). The Morgan fingerprint density at radius 2 is 2.17 bits per heavy atom. The molecule has 1 aromatic rings.